The number of hydrogen-bond donors (Lipinski definition) is 3. The van der Waals surface area contributed by atoms with Gasteiger partial charge >= 0.3 is 12.1 Å². The molecule has 0 saturated carbocycles. The second-order valence-electron chi connectivity index (χ2n) is 8.58. The van der Waals surface area contributed by atoms with Crippen molar-refractivity contribution in [2.75, 3.05) is 5.32 Å². The molecule has 0 aliphatic carbocycles. The van der Waals surface area contributed by atoms with Crippen LogP contribution in [-0.4, -0.2) is 37.3 Å². The molecule has 0 bridgehead atoms. The van der Waals surface area contributed by atoms with E-state index >= 15 is 0 Å². The Labute approximate surface area is 221 Å². The first kappa shape index (κ1) is 25.0. The first-order valence-electron chi connectivity index (χ1n) is 11.6. The van der Waals surface area contributed by atoms with Crippen LogP contribution < -0.4 is 5.32 Å². The van der Waals surface area contributed by atoms with E-state index in [0.717, 1.165) is 11.1 Å². The number of aliphatic carboxylic acids is 1. The van der Waals surface area contributed by atoms with Crippen LogP contribution >= 0.6 is 11.6 Å². The number of carboxylic acids is 1. The fourth-order valence-corrected chi connectivity index (χ4v) is 4.42. The number of carbonyl (C=O) groups excluding carboxylic acids is 1. The van der Waals surface area contributed by atoms with Gasteiger partial charge in [-0.25, -0.2) is 14.8 Å². The Morgan fingerprint density at radius 3 is 2.66 bits per heavy atom. The molecular weight excluding hydrogens is 510 g/mol. The van der Waals surface area contributed by atoms with E-state index in [2.05, 4.69) is 25.4 Å². The second-order valence-corrected chi connectivity index (χ2v) is 8.99. The highest BCUT2D eigenvalue weighted by Crippen LogP contribution is 2.37. The highest BCUT2D eigenvalue weighted by Gasteiger charge is 2.24. The maximum Gasteiger partial charge on any atom is 0.412 e. The average Bonchev–Trinajstić information content (AvgIpc) is 3.51. The minimum absolute atomic E-state index is 0.0584. The molecule has 0 spiro atoms. The van der Waals surface area contributed by atoms with Crippen LogP contribution in [0.4, 0.5) is 10.5 Å². The van der Waals surface area contributed by atoms with Gasteiger partial charge in [0, 0.05) is 22.3 Å². The topological polar surface area (TPSA) is 143 Å². The first-order chi connectivity index (χ1) is 18.3. The molecule has 0 aliphatic rings. The fraction of sp³-hybridized carbons (Fsp3) is 0.148. The minimum Gasteiger partial charge on any atom is -0.481 e. The molecule has 0 fully saturated rings. The Morgan fingerprint density at radius 1 is 1.16 bits per heavy atom. The number of ether oxygens (including phenoxy) is 1. The number of pyridine rings is 1. The van der Waals surface area contributed by atoms with Crippen LogP contribution in [0.25, 0.3) is 33.6 Å². The maximum absolute atomic E-state index is 12.8. The number of hydrogen-bond acceptors (Lipinski definition) is 7. The number of nitrogens with one attached hydrogen (secondary N) is 2. The Morgan fingerprint density at radius 2 is 1.92 bits per heavy atom. The number of imidazole rings is 1. The number of halogens is 1. The lowest BCUT2D eigenvalue weighted by atomic mass is 10.0. The van der Waals surface area contributed by atoms with E-state index in [4.69, 9.17) is 26.0 Å². The first-order valence-corrected chi connectivity index (χ1v) is 12.0. The number of benzene rings is 2. The van der Waals surface area contributed by atoms with Gasteiger partial charge in [0.15, 0.2) is 0 Å². The van der Waals surface area contributed by atoms with E-state index in [-0.39, 0.29) is 12.2 Å². The predicted octanol–water partition coefficient (Wildman–Crippen LogP) is 6.18. The molecule has 0 radical (unpaired) electrons. The van der Waals surface area contributed by atoms with Gasteiger partial charge in [0.05, 0.1) is 18.3 Å². The minimum atomic E-state index is -0.895. The Balaban J connectivity index is 1.43. The number of rotatable bonds is 7. The molecule has 38 heavy (non-hydrogen) atoms. The summed E-state index contributed by atoms with van der Waals surface area (Å²) in [6, 6.07) is 14.3. The van der Waals surface area contributed by atoms with E-state index in [1.165, 1.54) is 6.33 Å². The van der Waals surface area contributed by atoms with Gasteiger partial charge in [0.25, 0.3) is 0 Å². The second kappa shape index (κ2) is 10.3. The van der Waals surface area contributed by atoms with Gasteiger partial charge < -0.3 is 19.4 Å². The van der Waals surface area contributed by atoms with Crippen molar-refractivity contribution in [1.29, 1.82) is 0 Å². The van der Waals surface area contributed by atoms with Gasteiger partial charge in [-0.3, -0.25) is 10.1 Å². The Hall–Kier alpha value is -4.70. The molecule has 192 valence electrons. The molecule has 1 unspecified atom stereocenters. The molecule has 1 amide bonds. The molecule has 3 N–H and O–H groups in total. The number of carbonyl (C=O) groups is 2. The van der Waals surface area contributed by atoms with Crippen molar-refractivity contribution in [2.24, 2.45) is 0 Å². The third-order valence-electron chi connectivity index (χ3n) is 6.01. The number of aromatic amines is 1. The third kappa shape index (κ3) is 4.94. The van der Waals surface area contributed by atoms with Crippen LogP contribution in [0, 0.1) is 6.92 Å². The number of anilines is 1. The van der Waals surface area contributed by atoms with E-state index < -0.39 is 18.2 Å². The van der Waals surface area contributed by atoms with Crippen molar-refractivity contribution in [3.8, 4) is 22.6 Å². The maximum atomic E-state index is 12.8. The summed E-state index contributed by atoms with van der Waals surface area (Å²) in [6.45, 7) is 3.42. The third-order valence-corrected chi connectivity index (χ3v) is 6.35. The quantitative estimate of drug-likeness (QED) is 0.226. The molecular formula is C27H22ClN5O5. The summed E-state index contributed by atoms with van der Waals surface area (Å²) in [6.07, 6.45) is 1.83. The number of H-pyrrole nitrogens is 1. The van der Waals surface area contributed by atoms with Gasteiger partial charge in [-0.2, -0.15) is 0 Å². The Bertz CT molecular complexity index is 1640. The van der Waals surface area contributed by atoms with Crippen LogP contribution in [0.3, 0.4) is 0 Å². The molecule has 10 nitrogen and oxygen atoms in total. The summed E-state index contributed by atoms with van der Waals surface area (Å²) in [7, 11) is 0. The van der Waals surface area contributed by atoms with E-state index in [1.54, 1.807) is 50.4 Å². The van der Waals surface area contributed by atoms with Crippen molar-refractivity contribution in [3.63, 3.8) is 0 Å². The van der Waals surface area contributed by atoms with Crippen molar-refractivity contribution >= 4 is 40.4 Å². The molecule has 0 saturated heterocycles. The van der Waals surface area contributed by atoms with Gasteiger partial charge in [-0.05, 0) is 31.0 Å². The summed E-state index contributed by atoms with van der Waals surface area (Å²) in [5, 5.41) is 16.2. The zero-order valence-electron chi connectivity index (χ0n) is 20.4. The molecule has 3 heterocycles. The van der Waals surface area contributed by atoms with E-state index in [1.807, 2.05) is 18.2 Å². The Kier molecular flexibility index (Phi) is 6.80. The van der Waals surface area contributed by atoms with Gasteiger partial charge in [-0.1, -0.05) is 59.2 Å². The lowest BCUT2D eigenvalue weighted by Crippen LogP contribution is -2.17. The number of fused-ring (bicyclic) bond motifs is 1. The lowest BCUT2D eigenvalue weighted by Gasteiger charge is -2.15. The van der Waals surface area contributed by atoms with Gasteiger partial charge in [-0.15, -0.1) is 0 Å². The van der Waals surface area contributed by atoms with Crippen LogP contribution in [0.15, 0.2) is 65.6 Å². The van der Waals surface area contributed by atoms with Crippen molar-refractivity contribution in [3.05, 3.63) is 82.9 Å². The fourth-order valence-electron chi connectivity index (χ4n) is 4.13. The number of nitrogens with zero attached hydrogens (tertiary/aromatic N) is 3. The summed E-state index contributed by atoms with van der Waals surface area (Å²) in [4.78, 5) is 35.9. The lowest BCUT2D eigenvalue weighted by molar-refractivity contribution is -0.136. The van der Waals surface area contributed by atoms with Crippen molar-refractivity contribution < 1.29 is 24.0 Å². The molecule has 11 heteroatoms. The summed E-state index contributed by atoms with van der Waals surface area (Å²) >= 11 is 6.23. The van der Waals surface area contributed by atoms with Crippen LogP contribution in [0.1, 0.15) is 29.8 Å². The summed E-state index contributed by atoms with van der Waals surface area (Å²) in [5.74, 6) is -0.668. The van der Waals surface area contributed by atoms with E-state index in [0.29, 0.717) is 44.3 Å². The standard InChI is InChI=1S/C27H22ClN5O5/c1-14-22(32-27(36)37-15(2)18-5-3-4-6-20(18)28)26(38-33-14)25-24-23(30-13-31-24)19(12-29-25)17-9-7-16(8-10-17)11-21(34)35/h3-10,12-13,15H,11H2,1-2H3,(H,30,31)(H,32,36)(H,34,35). The molecule has 5 rings (SSSR count). The molecule has 5 aromatic rings. The summed E-state index contributed by atoms with van der Waals surface area (Å²) in [5.41, 5.74) is 5.29. The highest BCUT2D eigenvalue weighted by molar-refractivity contribution is 6.31. The molecule has 3 aromatic heterocycles. The zero-order chi connectivity index (χ0) is 26.8. The normalized spacial score (nSPS) is 11.9. The number of amides is 1. The predicted molar refractivity (Wildman–Crippen MR) is 141 cm³/mol. The SMILES string of the molecule is Cc1noc(-c2ncc(-c3ccc(CC(=O)O)cc3)c3[nH]cnc23)c1NC(=O)OC(C)c1ccccc1Cl. The van der Waals surface area contributed by atoms with E-state index in [9.17, 15) is 9.59 Å². The molecule has 1 atom stereocenters. The largest absolute Gasteiger partial charge is 0.481 e. The van der Waals surface area contributed by atoms with Gasteiger partial charge in [0.1, 0.15) is 28.7 Å². The van der Waals surface area contributed by atoms with Crippen LogP contribution in [-0.2, 0) is 16.0 Å². The number of aryl methyl sites for hydroxylation is 1. The molecule has 2 aromatic carbocycles. The smallest absolute Gasteiger partial charge is 0.412 e. The average molecular weight is 532 g/mol. The molecule has 0 aliphatic heterocycles. The zero-order valence-corrected chi connectivity index (χ0v) is 21.1. The number of carboxylic acid groups (broad SMARTS) is 1. The van der Waals surface area contributed by atoms with Crippen molar-refractivity contribution in [1.82, 2.24) is 20.1 Å². The van der Waals surface area contributed by atoms with Crippen LogP contribution in [0.2, 0.25) is 5.02 Å². The van der Waals surface area contributed by atoms with Crippen LogP contribution in [0.5, 0.6) is 0 Å². The van der Waals surface area contributed by atoms with Gasteiger partial charge in [0.2, 0.25) is 5.76 Å². The monoisotopic (exact) mass is 531 g/mol. The van der Waals surface area contributed by atoms with Crippen molar-refractivity contribution in [2.45, 2.75) is 26.4 Å². The highest BCUT2D eigenvalue weighted by atomic mass is 35.5. The number of aromatic nitrogens is 4. The summed E-state index contributed by atoms with van der Waals surface area (Å²) < 4.78 is 11.1.